The van der Waals surface area contributed by atoms with Crippen LogP contribution in [-0.4, -0.2) is 22.1 Å². The highest BCUT2D eigenvalue weighted by atomic mass is 35.5. The molecule has 0 aliphatic heterocycles. The van der Waals surface area contributed by atoms with Gasteiger partial charge in [-0.1, -0.05) is 24.6 Å². The van der Waals surface area contributed by atoms with Crippen molar-refractivity contribution in [1.29, 1.82) is 0 Å². The maximum atomic E-state index is 12.3. The van der Waals surface area contributed by atoms with E-state index in [1.807, 2.05) is 27.7 Å². The van der Waals surface area contributed by atoms with E-state index in [1.54, 1.807) is 24.4 Å². The summed E-state index contributed by atoms with van der Waals surface area (Å²) < 4.78 is 5.70. The van der Waals surface area contributed by atoms with Gasteiger partial charge in [0.25, 0.3) is 0 Å². The number of aromatic nitrogens is 2. The van der Waals surface area contributed by atoms with E-state index in [4.69, 9.17) is 16.3 Å². The zero-order chi connectivity index (χ0) is 17.7. The topological polar surface area (TPSA) is 79.0 Å². The lowest BCUT2D eigenvalue weighted by Gasteiger charge is -2.18. The number of imidazole rings is 1. The summed E-state index contributed by atoms with van der Waals surface area (Å²) >= 11 is 6.18. The van der Waals surface area contributed by atoms with Gasteiger partial charge >= 0.3 is 6.03 Å². The lowest BCUT2D eigenvalue weighted by atomic mass is 10.2. The zero-order valence-electron chi connectivity index (χ0n) is 14.3. The van der Waals surface area contributed by atoms with Crippen LogP contribution >= 0.6 is 11.6 Å². The number of halogens is 1. The predicted octanol–water partition coefficient (Wildman–Crippen LogP) is 4.43. The second-order valence-corrected chi connectivity index (χ2v) is 6.20. The molecule has 0 aliphatic carbocycles. The molecule has 1 aromatic heterocycles. The Morgan fingerprint density at radius 3 is 2.75 bits per heavy atom. The van der Waals surface area contributed by atoms with Crippen LogP contribution in [0.25, 0.3) is 0 Å². The van der Waals surface area contributed by atoms with Gasteiger partial charge in [-0.05, 0) is 39.3 Å². The Morgan fingerprint density at radius 1 is 1.42 bits per heavy atom. The summed E-state index contributed by atoms with van der Waals surface area (Å²) in [5.41, 5.74) is 1.48. The van der Waals surface area contributed by atoms with E-state index in [0.29, 0.717) is 22.9 Å². The number of anilines is 1. The number of aryl methyl sites for hydroxylation is 1. The fourth-order valence-corrected chi connectivity index (χ4v) is 2.47. The molecule has 2 aromatic rings. The third-order valence-corrected chi connectivity index (χ3v) is 3.63. The van der Waals surface area contributed by atoms with Crippen molar-refractivity contribution in [3.05, 3.63) is 40.9 Å². The summed E-state index contributed by atoms with van der Waals surface area (Å²) in [6.45, 7) is 7.71. The molecule has 3 N–H and O–H groups in total. The molecule has 1 aromatic carbocycles. The standard InChI is InChI=1S/C17H23ClN4O2/c1-5-13(16-19-9-11(4)20-16)21-17(23)22-14-8-6-7-12(18)15(14)24-10(2)3/h6-10,13H,5H2,1-4H3,(H,19,20)(H2,21,22,23). The number of hydrogen-bond acceptors (Lipinski definition) is 3. The van der Waals surface area contributed by atoms with Crippen LogP contribution in [0.3, 0.4) is 0 Å². The zero-order valence-corrected chi connectivity index (χ0v) is 15.1. The van der Waals surface area contributed by atoms with Crippen molar-refractivity contribution in [3.63, 3.8) is 0 Å². The van der Waals surface area contributed by atoms with Crippen LogP contribution in [0, 0.1) is 6.92 Å². The molecule has 0 saturated heterocycles. The number of ether oxygens (including phenoxy) is 1. The number of urea groups is 1. The van der Waals surface area contributed by atoms with E-state index >= 15 is 0 Å². The van der Waals surface area contributed by atoms with E-state index in [0.717, 1.165) is 11.5 Å². The molecule has 2 rings (SSSR count). The molecule has 1 atom stereocenters. The molecule has 0 aliphatic rings. The number of benzene rings is 1. The molecule has 24 heavy (non-hydrogen) atoms. The molecule has 0 fully saturated rings. The Kier molecular flexibility index (Phi) is 6.09. The number of carbonyl (C=O) groups is 1. The quantitative estimate of drug-likeness (QED) is 0.721. The summed E-state index contributed by atoms with van der Waals surface area (Å²) in [6, 6.07) is 4.70. The number of nitrogens with one attached hydrogen (secondary N) is 3. The fraction of sp³-hybridized carbons (Fsp3) is 0.412. The van der Waals surface area contributed by atoms with Gasteiger partial charge in [-0.25, -0.2) is 9.78 Å². The first-order valence-electron chi connectivity index (χ1n) is 7.94. The average Bonchev–Trinajstić information content (AvgIpc) is 2.94. The van der Waals surface area contributed by atoms with Gasteiger partial charge in [-0.2, -0.15) is 0 Å². The molecule has 0 spiro atoms. The third kappa shape index (κ3) is 4.64. The molecule has 1 heterocycles. The summed E-state index contributed by atoms with van der Waals surface area (Å²) in [5, 5.41) is 6.15. The second kappa shape index (κ2) is 8.06. The van der Waals surface area contributed by atoms with Crippen LogP contribution in [0.2, 0.25) is 5.02 Å². The van der Waals surface area contributed by atoms with Gasteiger partial charge in [0.15, 0.2) is 5.75 Å². The first-order valence-corrected chi connectivity index (χ1v) is 8.32. The minimum absolute atomic E-state index is 0.0528. The number of H-pyrrole nitrogens is 1. The molecule has 0 radical (unpaired) electrons. The first-order chi connectivity index (χ1) is 11.4. The highest BCUT2D eigenvalue weighted by Gasteiger charge is 2.17. The first kappa shape index (κ1) is 18.1. The normalized spacial score (nSPS) is 12.1. The highest BCUT2D eigenvalue weighted by molar-refractivity contribution is 6.32. The van der Waals surface area contributed by atoms with Crippen LogP contribution in [0.15, 0.2) is 24.4 Å². The number of amides is 2. The van der Waals surface area contributed by atoms with Crippen molar-refractivity contribution < 1.29 is 9.53 Å². The van der Waals surface area contributed by atoms with Crippen molar-refractivity contribution >= 4 is 23.3 Å². The number of carbonyl (C=O) groups excluding carboxylic acids is 1. The minimum Gasteiger partial charge on any atom is -0.487 e. The molecule has 130 valence electrons. The Balaban J connectivity index is 2.10. The number of nitrogens with zero attached hydrogens (tertiary/aromatic N) is 1. The Labute approximate surface area is 147 Å². The van der Waals surface area contributed by atoms with Crippen molar-refractivity contribution in [3.8, 4) is 5.75 Å². The SMILES string of the molecule is CCC(NC(=O)Nc1cccc(Cl)c1OC(C)C)c1ncc(C)[nH]1. The fourth-order valence-electron chi connectivity index (χ4n) is 2.25. The van der Waals surface area contributed by atoms with Crippen molar-refractivity contribution in [2.45, 2.75) is 46.3 Å². The summed E-state index contributed by atoms with van der Waals surface area (Å²) in [6.07, 6.45) is 2.40. The van der Waals surface area contributed by atoms with Gasteiger partial charge in [0.05, 0.1) is 22.9 Å². The van der Waals surface area contributed by atoms with Crippen LogP contribution in [-0.2, 0) is 0 Å². The van der Waals surface area contributed by atoms with Gasteiger partial charge in [0.2, 0.25) is 0 Å². The Bertz CT molecular complexity index is 700. The molecule has 2 amide bonds. The smallest absolute Gasteiger partial charge is 0.319 e. The molecule has 1 unspecified atom stereocenters. The number of rotatable bonds is 6. The van der Waals surface area contributed by atoms with E-state index in [-0.39, 0.29) is 18.2 Å². The van der Waals surface area contributed by atoms with E-state index in [9.17, 15) is 4.79 Å². The lowest BCUT2D eigenvalue weighted by Crippen LogP contribution is -2.33. The van der Waals surface area contributed by atoms with E-state index < -0.39 is 0 Å². The van der Waals surface area contributed by atoms with Crippen molar-refractivity contribution in [1.82, 2.24) is 15.3 Å². The molecular weight excluding hydrogens is 328 g/mol. The van der Waals surface area contributed by atoms with Gasteiger partial charge in [-0.15, -0.1) is 0 Å². The lowest BCUT2D eigenvalue weighted by molar-refractivity contribution is 0.240. The van der Waals surface area contributed by atoms with Crippen LogP contribution in [0.4, 0.5) is 10.5 Å². The molecule has 0 saturated carbocycles. The summed E-state index contributed by atoms with van der Waals surface area (Å²) in [7, 11) is 0. The number of hydrogen-bond donors (Lipinski definition) is 3. The maximum Gasteiger partial charge on any atom is 0.319 e. The van der Waals surface area contributed by atoms with Gasteiger partial charge < -0.3 is 20.4 Å². The van der Waals surface area contributed by atoms with Crippen LogP contribution in [0.1, 0.15) is 44.8 Å². The molecule has 7 heteroatoms. The minimum atomic E-state index is -0.341. The summed E-state index contributed by atoms with van der Waals surface area (Å²) in [5.74, 6) is 1.20. The van der Waals surface area contributed by atoms with E-state index in [1.165, 1.54) is 0 Å². The number of aromatic amines is 1. The predicted molar refractivity (Wildman–Crippen MR) is 95.7 cm³/mol. The molecule has 6 nitrogen and oxygen atoms in total. The average molecular weight is 351 g/mol. The molecule has 0 bridgehead atoms. The summed E-state index contributed by atoms with van der Waals surface area (Å²) in [4.78, 5) is 19.8. The van der Waals surface area contributed by atoms with Crippen molar-refractivity contribution in [2.24, 2.45) is 0 Å². The van der Waals surface area contributed by atoms with Crippen LogP contribution < -0.4 is 15.4 Å². The maximum absolute atomic E-state index is 12.3. The molecular formula is C17H23ClN4O2. The second-order valence-electron chi connectivity index (χ2n) is 5.79. The van der Waals surface area contributed by atoms with Gasteiger partial charge in [-0.3, -0.25) is 0 Å². The van der Waals surface area contributed by atoms with Crippen LogP contribution in [0.5, 0.6) is 5.75 Å². The van der Waals surface area contributed by atoms with Gasteiger partial charge in [0.1, 0.15) is 5.82 Å². The Morgan fingerprint density at radius 2 is 2.17 bits per heavy atom. The largest absolute Gasteiger partial charge is 0.487 e. The number of para-hydroxylation sites is 1. The third-order valence-electron chi connectivity index (χ3n) is 3.33. The Hall–Kier alpha value is -2.21. The monoisotopic (exact) mass is 350 g/mol. The van der Waals surface area contributed by atoms with E-state index in [2.05, 4.69) is 20.6 Å². The highest BCUT2D eigenvalue weighted by Crippen LogP contribution is 2.33. The van der Waals surface area contributed by atoms with Crippen molar-refractivity contribution in [2.75, 3.05) is 5.32 Å². The van der Waals surface area contributed by atoms with Gasteiger partial charge in [0, 0.05) is 11.9 Å².